The summed E-state index contributed by atoms with van der Waals surface area (Å²) in [7, 11) is -2.52. The van der Waals surface area contributed by atoms with Crippen LogP contribution in [0.3, 0.4) is 0 Å². The third kappa shape index (κ3) is 6.43. The van der Waals surface area contributed by atoms with Crippen molar-refractivity contribution in [2.75, 3.05) is 26.6 Å². The Bertz CT molecular complexity index is 1010. The van der Waals surface area contributed by atoms with E-state index in [4.69, 9.17) is 4.74 Å². The Morgan fingerprint density at radius 2 is 1.83 bits per heavy atom. The molecule has 0 aliphatic heterocycles. The molecular formula is C18H18F3NO6S. The van der Waals surface area contributed by atoms with E-state index in [-0.39, 0.29) is 35.9 Å². The molecule has 0 amide bonds. The van der Waals surface area contributed by atoms with Crippen LogP contribution in [0.2, 0.25) is 0 Å². The maximum atomic E-state index is 13.3. The smallest absolute Gasteiger partial charge is 0.416 e. The van der Waals surface area contributed by atoms with Crippen LogP contribution in [-0.4, -0.2) is 46.0 Å². The average Bonchev–Trinajstić information content (AvgIpc) is 2.63. The van der Waals surface area contributed by atoms with Crippen molar-refractivity contribution in [3.8, 4) is 17.0 Å². The number of hydrogen-bond donors (Lipinski definition) is 0. The van der Waals surface area contributed by atoms with E-state index in [1.807, 2.05) is 0 Å². The zero-order chi connectivity index (χ0) is 21.8. The van der Waals surface area contributed by atoms with Gasteiger partial charge in [0.1, 0.15) is 19.0 Å². The number of methoxy groups -OCH3 is 1. The van der Waals surface area contributed by atoms with E-state index in [1.165, 1.54) is 25.3 Å². The Labute approximate surface area is 165 Å². The normalized spacial score (nSPS) is 11.9. The maximum absolute atomic E-state index is 13.3. The van der Waals surface area contributed by atoms with Gasteiger partial charge in [0, 0.05) is 5.56 Å². The molecule has 29 heavy (non-hydrogen) atoms. The molecule has 0 radical (unpaired) electrons. The molecule has 0 spiro atoms. The lowest BCUT2D eigenvalue weighted by Gasteiger charge is -2.14. The first-order chi connectivity index (χ1) is 13.4. The van der Waals surface area contributed by atoms with E-state index >= 15 is 0 Å². The van der Waals surface area contributed by atoms with Crippen molar-refractivity contribution in [1.29, 1.82) is 0 Å². The number of carbonyl (C=O) groups excluding carboxylic acids is 1. The summed E-state index contributed by atoms with van der Waals surface area (Å²) in [5, 5.41) is 0. The van der Waals surface area contributed by atoms with Crippen LogP contribution >= 0.6 is 0 Å². The maximum Gasteiger partial charge on any atom is 0.416 e. The van der Waals surface area contributed by atoms with Crippen molar-refractivity contribution in [2.24, 2.45) is 0 Å². The molecule has 1 heterocycles. The van der Waals surface area contributed by atoms with E-state index in [2.05, 4.69) is 13.9 Å². The van der Waals surface area contributed by atoms with Crippen LogP contribution in [0.4, 0.5) is 13.2 Å². The second kappa shape index (κ2) is 8.78. The second-order valence-electron chi connectivity index (χ2n) is 5.97. The topological polar surface area (TPSA) is 91.8 Å². The molecule has 1 aromatic carbocycles. The number of esters is 1. The number of halogens is 3. The molecule has 0 aliphatic carbocycles. The quantitative estimate of drug-likeness (QED) is 0.376. The van der Waals surface area contributed by atoms with Gasteiger partial charge < -0.3 is 9.47 Å². The number of pyridine rings is 1. The predicted octanol–water partition coefficient (Wildman–Crippen LogP) is 3.22. The second-order valence-corrected chi connectivity index (χ2v) is 7.62. The standard InChI is InChI=1S/C18H18F3NO6S/c1-11-4-5-15(22-16(11)17(23)26-2)12-8-13(18(19,20)21)10-14(9-12)27-6-7-28-29(3,24)25/h4-5,8-10H,6-7H2,1-3H3. The predicted molar refractivity (Wildman–Crippen MR) is 97.0 cm³/mol. The summed E-state index contributed by atoms with van der Waals surface area (Å²) in [4.78, 5) is 15.9. The average molecular weight is 433 g/mol. The highest BCUT2D eigenvalue weighted by Crippen LogP contribution is 2.35. The minimum absolute atomic E-state index is 0.0218. The molecule has 11 heteroatoms. The van der Waals surface area contributed by atoms with E-state index in [0.29, 0.717) is 5.56 Å². The number of aromatic nitrogens is 1. The van der Waals surface area contributed by atoms with E-state index in [1.54, 1.807) is 6.92 Å². The Morgan fingerprint density at radius 1 is 1.14 bits per heavy atom. The fourth-order valence-corrected chi connectivity index (χ4v) is 2.70. The summed E-state index contributed by atoms with van der Waals surface area (Å²) in [6, 6.07) is 5.95. The van der Waals surface area contributed by atoms with E-state index < -0.39 is 27.8 Å². The first kappa shape index (κ1) is 22.6. The molecule has 1 aromatic heterocycles. The number of nitrogens with zero attached hydrogens (tertiary/aromatic N) is 1. The van der Waals surface area contributed by atoms with Gasteiger partial charge in [0.15, 0.2) is 5.69 Å². The zero-order valence-electron chi connectivity index (χ0n) is 15.7. The van der Waals surface area contributed by atoms with Crippen molar-refractivity contribution in [3.05, 3.63) is 47.2 Å². The van der Waals surface area contributed by atoms with Gasteiger partial charge in [0.25, 0.3) is 10.1 Å². The van der Waals surface area contributed by atoms with Gasteiger partial charge in [-0.2, -0.15) is 21.6 Å². The monoisotopic (exact) mass is 433 g/mol. The van der Waals surface area contributed by atoms with Crippen molar-refractivity contribution >= 4 is 16.1 Å². The first-order valence-electron chi connectivity index (χ1n) is 8.16. The van der Waals surface area contributed by atoms with Crippen LogP contribution in [0.15, 0.2) is 30.3 Å². The lowest BCUT2D eigenvalue weighted by molar-refractivity contribution is -0.137. The summed E-state index contributed by atoms with van der Waals surface area (Å²) in [5.74, 6) is -0.875. The lowest BCUT2D eigenvalue weighted by atomic mass is 10.0. The lowest BCUT2D eigenvalue weighted by Crippen LogP contribution is -2.12. The summed E-state index contributed by atoms with van der Waals surface area (Å²) in [5.41, 5.74) is -0.340. The number of aryl methyl sites for hydroxylation is 1. The largest absolute Gasteiger partial charge is 0.491 e. The van der Waals surface area contributed by atoms with Crippen LogP contribution < -0.4 is 4.74 Å². The fourth-order valence-electron chi connectivity index (χ4n) is 2.33. The number of carbonyl (C=O) groups is 1. The minimum Gasteiger partial charge on any atom is -0.491 e. The number of alkyl halides is 3. The van der Waals surface area contributed by atoms with Crippen LogP contribution in [0.1, 0.15) is 21.6 Å². The molecule has 0 aliphatic rings. The SMILES string of the molecule is COC(=O)c1nc(-c2cc(OCCOS(C)(=O)=O)cc(C(F)(F)F)c2)ccc1C. The van der Waals surface area contributed by atoms with Crippen LogP contribution in [0.25, 0.3) is 11.3 Å². The molecule has 158 valence electrons. The van der Waals surface area contributed by atoms with E-state index in [0.717, 1.165) is 18.4 Å². The molecule has 0 saturated heterocycles. The number of hydrogen-bond acceptors (Lipinski definition) is 7. The third-order valence-corrected chi connectivity index (χ3v) is 4.25. The zero-order valence-corrected chi connectivity index (χ0v) is 16.6. The van der Waals surface area contributed by atoms with Crippen molar-refractivity contribution < 1.29 is 40.0 Å². The molecule has 0 unspecified atom stereocenters. The Balaban J connectivity index is 2.40. The van der Waals surface area contributed by atoms with Crippen LogP contribution in [-0.2, 0) is 25.2 Å². The molecular weight excluding hydrogens is 415 g/mol. The van der Waals surface area contributed by atoms with Gasteiger partial charge in [0.05, 0.1) is 24.6 Å². The molecule has 0 fully saturated rings. The summed E-state index contributed by atoms with van der Waals surface area (Å²) < 4.78 is 76.0. The molecule has 0 saturated carbocycles. The fraction of sp³-hybridized carbons (Fsp3) is 0.333. The van der Waals surface area contributed by atoms with Crippen molar-refractivity contribution in [2.45, 2.75) is 13.1 Å². The minimum atomic E-state index is -4.66. The van der Waals surface area contributed by atoms with Crippen molar-refractivity contribution in [1.82, 2.24) is 4.98 Å². The summed E-state index contributed by atoms with van der Waals surface area (Å²) in [6.45, 7) is 0.966. The molecule has 0 bridgehead atoms. The van der Waals surface area contributed by atoms with Gasteiger partial charge in [-0.3, -0.25) is 4.18 Å². The molecule has 0 atom stereocenters. The number of rotatable bonds is 7. The number of ether oxygens (including phenoxy) is 2. The van der Waals surface area contributed by atoms with Gasteiger partial charge >= 0.3 is 12.1 Å². The van der Waals surface area contributed by atoms with Gasteiger partial charge in [0.2, 0.25) is 0 Å². The third-order valence-electron chi connectivity index (χ3n) is 3.65. The van der Waals surface area contributed by atoms with Gasteiger partial charge in [-0.1, -0.05) is 6.07 Å². The molecule has 0 N–H and O–H groups in total. The summed E-state index contributed by atoms with van der Waals surface area (Å²) >= 11 is 0. The highest BCUT2D eigenvalue weighted by atomic mass is 32.2. The molecule has 7 nitrogen and oxygen atoms in total. The first-order valence-corrected chi connectivity index (χ1v) is 9.98. The van der Waals surface area contributed by atoms with Gasteiger partial charge in [-0.15, -0.1) is 0 Å². The van der Waals surface area contributed by atoms with Crippen LogP contribution in [0, 0.1) is 6.92 Å². The molecule has 2 rings (SSSR count). The highest BCUT2D eigenvalue weighted by Gasteiger charge is 2.32. The Kier molecular flexibility index (Phi) is 6.85. The molecule has 2 aromatic rings. The van der Waals surface area contributed by atoms with Gasteiger partial charge in [-0.25, -0.2) is 9.78 Å². The number of benzene rings is 1. The highest BCUT2D eigenvalue weighted by molar-refractivity contribution is 7.85. The Hall–Kier alpha value is -2.66. The Morgan fingerprint density at radius 3 is 2.41 bits per heavy atom. The van der Waals surface area contributed by atoms with Gasteiger partial charge in [-0.05, 0) is 36.8 Å². The van der Waals surface area contributed by atoms with Crippen LogP contribution in [0.5, 0.6) is 5.75 Å². The van der Waals surface area contributed by atoms with Crippen molar-refractivity contribution in [3.63, 3.8) is 0 Å². The van der Waals surface area contributed by atoms with E-state index in [9.17, 15) is 26.4 Å². The summed E-state index contributed by atoms with van der Waals surface area (Å²) in [6.07, 6.45) is -3.81.